The van der Waals surface area contributed by atoms with Gasteiger partial charge in [0, 0.05) is 28.5 Å². The van der Waals surface area contributed by atoms with Gasteiger partial charge in [0.15, 0.2) is 0 Å². The average molecular weight is 652 g/mol. The monoisotopic (exact) mass is 650 g/mol. The number of para-hydroxylation sites is 1. The van der Waals surface area contributed by atoms with Gasteiger partial charge in [0.1, 0.15) is 5.75 Å². The van der Waals surface area contributed by atoms with E-state index in [0.29, 0.717) is 17.4 Å². The SMILES string of the molecule is Br.CCCCCCCCCCCCCCOc1cc(Cl)ccc1CC(=O)Nc1ccccc1CN1CSC=C1C. The van der Waals surface area contributed by atoms with Crippen LogP contribution in [0.4, 0.5) is 5.69 Å². The molecule has 0 atom stereocenters. The lowest BCUT2D eigenvalue weighted by molar-refractivity contribution is -0.115. The minimum Gasteiger partial charge on any atom is -0.493 e. The van der Waals surface area contributed by atoms with Crippen LogP contribution >= 0.6 is 40.3 Å². The van der Waals surface area contributed by atoms with Crippen LogP contribution in [-0.2, 0) is 17.8 Å². The fourth-order valence-electron chi connectivity index (χ4n) is 4.88. The molecule has 1 heterocycles. The molecule has 2 aromatic carbocycles. The lowest BCUT2D eigenvalue weighted by Gasteiger charge is -2.21. The Hall–Kier alpha value is -1.63. The van der Waals surface area contributed by atoms with E-state index in [1.54, 1.807) is 11.8 Å². The Kier molecular flexibility index (Phi) is 17.5. The normalized spacial score (nSPS) is 12.7. The zero-order valence-corrected chi connectivity index (χ0v) is 27.7. The molecular formula is C33H48BrClN2O2S. The van der Waals surface area contributed by atoms with Crippen LogP contribution in [0.15, 0.2) is 53.6 Å². The maximum absolute atomic E-state index is 13.0. The van der Waals surface area contributed by atoms with Crippen molar-refractivity contribution in [3.8, 4) is 5.75 Å². The van der Waals surface area contributed by atoms with Gasteiger partial charge in [-0.15, -0.1) is 28.7 Å². The molecule has 1 aliphatic heterocycles. The Morgan fingerprint density at radius 1 is 0.925 bits per heavy atom. The van der Waals surface area contributed by atoms with Crippen molar-refractivity contribution in [2.45, 2.75) is 104 Å². The molecule has 7 heteroatoms. The third-order valence-corrected chi connectivity index (χ3v) is 8.48. The van der Waals surface area contributed by atoms with E-state index in [-0.39, 0.29) is 29.3 Å². The highest BCUT2D eigenvalue weighted by Gasteiger charge is 2.16. The van der Waals surface area contributed by atoms with Gasteiger partial charge in [-0.05, 0) is 42.5 Å². The van der Waals surface area contributed by atoms with Gasteiger partial charge in [-0.1, -0.05) is 113 Å². The molecule has 3 rings (SSSR count). The number of hydrogen-bond acceptors (Lipinski definition) is 4. The summed E-state index contributed by atoms with van der Waals surface area (Å²) < 4.78 is 6.11. The Labute approximate surface area is 262 Å². The van der Waals surface area contributed by atoms with E-state index in [0.717, 1.165) is 35.7 Å². The molecule has 0 unspecified atom stereocenters. The molecule has 0 bridgehead atoms. The van der Waals surface area contributed by atoms with Crippen molar-refractivity contribution in [2.75, 3.05) is 17.8 Å². The van der Waals surface area contributed by atoms with Gasteiger partial charge < -0.3 is 15.0 Å². The molecule has 2 aromatic rings. The zero-order chi connectivity index (χ0) is 27.7. The van der Waals surface area contributed by atoms with E-state index >= 15 is 0 Å². The van der Waals surface area contributed by atoms with E-state index in [1.165, 1.54) is 76.3 Å². The molecule has 4 nitrogen and oxygen atoms in total. The molecule has 1 amide bonds. The third-order valence-electron chi connectivity index (χ3n) is 7.27. The number of hydrogen-bond donors (Lipinski definition) is 1. The summed E-state index contributed by atoms with van der Waals surface area (Å²) in [5.41, 5.74) is 4.10. The summed E-state index contributed by atoms with van der Waals surface area (Å²) >= 11 is 8.07. The van der Waals surface area contributed by atoms with Crippen molar-refractivity contribution >= 4 is 51.9 Å². The molecule has 1 aliphatic rings. The molecule has 0 saturated heterocycles. The van der Waals surface area contributed by atoms with Gasteiger partial charge in [0.05, 0.1) is 18.9 Å². The average Bonchev–Trinajstić information content (AvgIpc) is 3.33. The maximum atomic E-state index is 13.0. The number of halogens is 2. The number of amides is 1. The van der Waals surface area contributed by atoms with Crippen molar-refractivity contribution in [2.24, 2.45) is 0 Å². The zero-order valence-electron chi connectivity index (χ0n) is 24.4. The van der Waals surface area contributed by atoms with E-state index in [1.807, 2.05) is 36.4 Å². The summed E-state index contributed by atoms with van der Waals surface area (Å²) in [4.78, 5) is 15.3. The second-order valence-electron chi connectivity index (χ2n) is 10.6. The van der Waals surface area contributed by atoms with Gasteiger partial charge >= 0.3 is 0 Å². The quantitative estimate of drug-likeness (QED) is 0.154. The van der Waals surface area contributed by atoms with Crippen LogP contribution in [0.1, 0.15) is 102 Å². The first-order chi connectivity index (χ1) is 19.1. The van der Waals surface area contributed by atoms with Crippen molar-refractivity contribution in [1.82, 2.24) is 4.90 Å². The molecule has 0 aliphatic carbocycles. The molecule has 0 spiro atoms. The number of rotatable bonds is 19. The van der Waals surface area contributed by atoms with Gasteiger partial charge in [-0.3, -0.25) is 4.79 Å². The van der Waals surface area contributed by atoms with Crippen molar-refractivity contribution in [1.29, 1.82) is 0 Å². The molecule has 1 N–H and O–H groups in total. The van der Waals surface area contributed by atoms with Crippen molar-refractivity contribution in [3.05, 3.63) is 69.7 Å². The number of allylic oxidation sites excluding steroid dienone is 1. The first-order valence-electron chi connectivity index (χ1n) is 14.9. The summed E-state index contributed by atoms with van der Waals surface area (Å²) in [6.07, 6.45) is 16.0. The molecular weight excluding hydrogens is 604 g/mol. The molecule has 0 saturated carbocycles. The number of ether oxygens (including phenoxy) is 1. The number of carbonyl (C=O) groups excluding carboxylic acids is 1. The smallest absolute Gasteiger partial charge is 0.228 e. The minimum atomic E-state index is -0.0527. The van der Waals surface area contributed by atoms with Gasteiger partial charge in [0.2, 0.25) is 5.91 Å². The fraction of sp³-hybridized carbons (Fsp3) is 0.545. The predicted molar refractivity (Wildman–Crippen MR) is 179 cm³/mol. The number of unbranched alkanes of at least 4 members (excludes halogenated alkanes) is 11. The van der Waals surface area contributed by atoms with Crippen LogP contribution in [-0.4, -0.2) is 23.3 Å². The maximum Gasteiger partial charge on any atom is 0.228 e. The summed E-state index contributed by atoms with van der Waals surface area (Å²) in [5, 5.41) is 5.93. The van der Waals surface area contributed by atoms with E-state index in [4.69, 9.17) is 16.3 Å². The van der Waals surface area contributed by atoms with E-state index in [9.17, 15) is 4.79 Å². The second kappa shape index (κ2) is 20.3. The Morgan fingerprint density at radius 2 is 1.57 bits per heavy atom. The summed E-state index contributed by atoms with van der Waals surface area (Å²) in [5.74, 6) is 1.60. The fourth-order valence-corrected chi connectivity index (χ4v) is 5.98. The van der Waals surface area contributed by atoms with Crippen LogP contribution in [0.2, 0.25) is 5.02 Å². The van der Waals surface area contributed by atoms with Gasteiger partial charge in [0.25, 0.3) is 0 Å². The lowest BCUT2D eigenvalue weighted by Crippen LogP contribution is -2.20. The van der Waals surface area contributed by atoms with Crippen molar-refractivity contribution in [3.63, 3.8) is 0 Å². The van der Waals surface area contributed by atoms with Crippen LogP contribution in [0.25, 0.3) is 0 Å². The highest BCUT2D eigenvalue weighted by atomic mass is 79.9. The first kappa shape index (κ1) is 34.6. The standard InChI is InChI=1S/C33H47ClN2O2S.BrH/c1-3-4-5-6-7-8-9-10-11-12-13-16-21-38-32-23-30(34)20-19-28(32)22-33(37)35-31-18-15-14-17-29(31)24-36-26-39-25-27(36)2;/h14-15,17-20,23,25H,3-13,16,21-22,24,26H2,1-2H3,(H,35,37);1H. The van der Waals surface area contributed by atoms with Crippen LogP contribution < -0.4 is 10.1 Å². The molecule has 0 fully saturated rings. The largest absolute Gasteiger partial charge is 0.493 e. The van der Waals surface area contributed by atoms with E-state index in [2.05, 4.69) is 35.5 Å². The minimum absolute atomic E-state index is 0. The van der Waals surface area contributed by atoms with Crippen LogP contribution in [0, 0.1) is 0 Å². The second-order valence-corrected chi connectivity index (χ2v) is 11.9. The number of nitrogens with zero attached hydrogens (tertiary/aromatic N) is 1. The number of thioether (sulfide) groups is 1. The number of benzene rings is 2. The Balaban J connectivity index is 0.00000560. The van der Waals surface area contributed by atoms with Crippen molar-refractivity contribution < 1.29 is 9.53 Å². The van der Waals surface area contributed by atoms with Crippen LogP contribution in [0.5, 0.6) is 5.75 Å². The summed E-state index contributed by atoms with van der Waals surface area (Å²) in [6.45, 7) is 5.82. The third kappa shape index (κ3) is 12.9. The Bertz CT molecular complexity index is 1050. The number of nitrogens with one attached hydrogen (secondary N) is 1. The number of anilines is 1. The van der Waals surface area contributed by atoms with Gasteiger partial charge in [-0.25, -0.2) is 0 Å². The molecule has 40 heavy (non-hydrogen) atoms. The predicted octanol–water partition coefficient (Wildman–Crippen LogP) is 10.5. The molecule has 0 radical (unpaired) electrons. The Morgan fingerprint density at radius 3 is 2.23 bits per heavy atom. The van der Waals surface area contributed by atoms with Crippen LogP contribution in [0.3, 0.4) is 0 Å². The lowest BCUT2D eigenvalue weighted by atomic mass is 10.1. The number of carbonyl (C=O) groups is 1. The summed E-state index contributed by atoms with van der Waals surface area (Å²) in [7, 11) is 0. The highest BCUT2D eigenvalue weighted by molar-refractivity contribution is 8.93. The highest BCUT2D eigenvalue weighted by Crippen LogP contribution is 2.28. The topological polar surface area (TPSA) is 41.6 Å². The molecule has 222 valence electrons. The van der Waals surface area contributed by atoms with Gasteiger partial charge in [-0.2, -0.15) is 0 Å². The first-order valence-corrected chi connectivity index (χ1v) is 16.3. The van der Waals surface area contributed by atoms with E-state index < -0.39 is 0 Å². The summed E-state index contributed by atoms with van der Waals surface area (Å²) in [6, 6.07) is 13.6. The molecule has 0 aromatic heterocycles.